The molecule has 23 heavy (non-hydrogen) atoms. The predicted octanol–water partition coefficient (Wildman–Crippen LogP) is 4.70. The monoisotopic (exact) mass is 389 g/mol. The van der Waals surface area contributed by atoms with E-state index in [1.165, 1.54) is 15.9 Å². The second-order valence-electron chi connectivity index (χ2n) is 5.73. The molecule has 1 aliphatic rings. The van der Waals surface area contributed by atoms with Crippen molar-refractivity contribution in [3.8, 4) is 0 Å². The highest BCUT2D eigenvalue weighted by Gasteiger charge is 2.32. The van der Waals surface area contributed by atoms with Gasteiger partial charge in [-0.1, -0.05) is 53.5 Å². The molecule has 124 valence electrons. The first kappa shape index (κ1) is 17.2. The number of thiophene rings is 1. The molecule has 2 aromatic rings. The quantitative estimate of drug-likeness (QED) is 0.759. The molecule has 0 spiro atoms. The Labute approximate surface area is 150 Å². The maximum absolute atomic E-state index is 12.7. The smallest absolute Gasteiger partial charge is 0.207 e. The van der Waals surface area contributed by atoms with Crippen molar-refractivity contribution in [2.75, 3.05) is 13.1 Å². The second kappa shape index (κ2) is 7.11. The lowest BCUT2D eigenvalue weighted by molar-refractivity contribution is 0.273. The Hall–Kier alpha value is -0.590. The first-order valence-electron chi connectivity index (χ1n) is 7.46. The SMILES string of the molecule is O=S(=O)(c1cc(Cl)sc1Cl)N1CCC(Cc2ccccc2)CC1. The zero-order valence-electron chi connectivity index (χ0n) is 12.4. The number of rotatable bonds is 4. The van der Waals surface area contributed by atoms with Gasteiger partial charge in [-0.2, -0.15) is 4.31 Å². The Morgan fingerprint density at radius 3 is 2.35 bits per heavy atom. The molecule has 3 nitrogen and oxygen atoms in total. The topological polar surface area (TPSA) is 37.4 Å². The molecule has 1 fully saturated rings. The molecule has 0 N–H and O–H groups in total. The maximum atomic E-state index is 12.7. The fourth-order valence-electron chi connectivity index (χ4n) is 2.94. The molecule has 1 saturated heterocycles. The van der Waals surface area contributed by atoms with Crippen LogP contribution in [0.15, 0.2) is 41.3 Å². The fraction of sp³-hybridized carbons (Fsp3) is 0.375. The first-order valence-corrected chi connectivity index (χ1v) is 10.5. The average molecular weight is 390 g/mol. The Bertz CT molecular complexity index is 767. The summed E-state index contributed by atoms with van der Waals surface area (Å²) in [7, 11) is -3.54. The Morgan fingerprint density at radius 1 is 1.13 bits per heavy atom. The minimum Gasteiger partial charge on any atom is -0.207 e. The molecule has 0 radical (unpaired) electrons. The molecule has 2 heterocycles. The maximum Gasteiger partial charge on any atom is 0.245 e. The molecule has 0 atom stereocenters. The van der Waals surface area contributed by atoms with Gasteiger partial charge < -0.3 is 0 Å². The number of benzene rings is 1. The molecule has 1 aromatic carbocycles. The van der Waals surface area contributed by atoms with Crippen LogP contribution in [0, 0.1) is 5.92 Å². The van der Waals surface area contributed by atoms with Gasteiger partial charge in [0.05, 0.1) is 4.34 Å². The predicted molar refractivity (Wildman–Crippen MR) is 96.0 cm³/mol. The molecular formula is C16H17Cl2NO2S2. The summed E-state index contributed by atoms with van der Waals surface area (Å²) in [5.74, 6) is 0.519. The third-order valence-corrected chi connectivity index (χ3v) is 7.84. The van der Waals surface area contributed by atoms with Crippen LogP contribution in [0.2, 0.25) is 8.67 Å². The van der Waals surface area contributed by atoms with E-state index >= 15 is 0 Å². The summed E-state index contributed by atoms with van der Waals surface area (Å²) < 4.78 is 27.5. The average Bonchev–Trinajstić information content (AvgIpc) is 2.88. The summed E-state index contributed by atoms with van der Waals surface area (Å²) >= 11 is 13.0. The molecule has 1 aliphatic heterocycles. The van der Waals surface area contributed by atoms with Gasteiger partial charge in [0.1, 0.15) is 9.23 Å². The number of hydrogen-bond donors (Lipinski definition) is 0. The molecule has 1 aromatic heterocycles. The highest BCUT2D eigenvalue weighted by molar-refractivity contribution is 7.89. The van der Waals surface area contributed by atoms with Crippen molar-refractivity contribution in [3.63, 3.8) is 0 Å². The van der Waals surface area contributed by atoms with E-state index in [4.69, 9.17) is 23.2 Å². The van der Waals surface area contributed by atoms with Crippen LogP contribution in [-0.2, 0) is 16.4 Å². The van der Waals surface area contributed by atoms with Gasteiger partial charge in [0.2, 0.25) is 10.0 Å². The highest BCUT2D eigenvalue weighted by Crippen LogP contribution is 2.37. The van der Waals surface area contributed by atoms with Gasteiger partial charge in [0, 0.05) is 13.1 Å². The molecule has 7 heteroatoms. The van der Waals surface area contributed by atoms with Gasteiger partial charge in [-0.15, -0.1) is 11.3 Å². The van der Waals surface area contributed by atoms with Crippen molar-refractivity contribution in [2.45, 2.75) is 24.2 Å². The van der Waals surface area contributed by atoms with Crippen molar-refractivity contribution >= 4 is 44.6 Å². The van der Waals surface area contributed by atoms with Gasteiger partial charge in [-0.3, -0.25) is 0 Å². The lowest BCUT2D eigenvalue weighted by Crippen LogP contribution is -2.38. The summed E-state index contributed by atoms with van der Waals surface area (Å²) in [6.07, 6.45) is 2.73. The lowest BCUT2D eigenvalue weighted by atomic mass is 9.91. The van der Waals surface area contributed by atoms with Crippen LogP contribution in [0.25, 0.3) is 0 Å². The molecule has 0 bridgehead atoms. The molecular weight excluding hydrogens is 373 g/mol. The second-order valence-corrected chi connectivity index (χ2v) is 9.92. The standard InChI is InChI=1S/C16H17Cl2NO2S2/c17-15-11-14(16(18)22-15)23(20,21)19-8-6-13(7-9-19)10-12-4-2-1-3-5-12/h1-5,11,13H,6-10H2. The van der Waals surface area contributed by atoms with Gasteiger partial charge >= 0.3 is 0 Å². The van der Waals surface area contributed by atoms with Crippen LogP contribution in [-0.4, -0.2) is 25.8 Å². The minimum atomic E-state index is -3.54. The van der Waals surface area contributed by atoms with Crippen LogP contribution in [0.4, 0.5) is 0 Å². The van der Waals surface area contributed by atoms with E-state index < -0.39 is 10.0 Å². The molecule has 3 rings (SSSR count). The van der Waals surface area contributed by atoms with Crippen LogP contribution >= 0.6 is 34.5 Å². The van der Waals surface area contributed by atoms with Gasteiger partial charge in [0.15, 0.2) is 0 Å². The van der Waals surface area contributed by atoms with Crippen molar-refractivity contribution in [3.05, 3.63) is 50.6 Å². The van der Waals surface area contributed by atoms with Crippen molar-refractivity contribution in [1.82, 2.24) is 4.31 Å². The first-order chi connectivity index (χ1) is 11.0. The third-order valence-electron chi connectivity index (χ3n) is 4.18. The summed E-state index contributed by atoms with van der Waals surface area (Å²) in [4.78, 5) is 0.135. The Kier molecular flexibility index (Phi) is 5.33. The van der Waals surface area contributed by atoms with Crippen LogP contribution in [0.1, 0.15) is 18.4 Å². The zero-order valence-corrected chi connectivity index (χ0v) is 15.6. The summed E-state index contributed by atoms with van der Waals surface area (Å²) in [5.41, 5.74) is 1.31. The fourth-order valence-corrected chi connectivity index (χ4v) is 6.52. The number of halogens is 2. The number of hydrogen-bond acceptors (Lipinski definition) is 3. The van der Waals surface area contributed by atoms with E-state index in [2.05, 4.69) is 12.1 Å². The number of piperidine rings is 1. The van der Waals surface area contributed by atoms with E-state index in [1.54, 1.807) is 0 Å². The minimum absolute atomic E-state index is 0.135. The van der Waals surface area contributed by atoms with E-state index in [9.17, 15) is 8.42 Å². The Morgan fingerprint density at radius 2 is 1.78 bits per heavy atom. The van der Waals surface area contributed by atoms with E-state index in [0.29, 0.717) is 23.3 Å². The summed E-state index contributed by atoms with van der Waals surface area (Å²) in [5, 5.41) is 0. The lowest BCUT2D eigenvalue weighted by Gasteiger charge is -2.31. The van der Waals surface area contributed by atoms with Crippen molar-refractivity contribution in [2.24, 2.45) is 5.92 Å². The zero-order chi connectivity index (χ0) is 16.4. The third kappa shape index (κ3) is 3.91. The molecule has 0 aliphatic carbocycles. The number of sulfonamides is 1. The normalized spacial score (nSPS) is 17.5. The van der Waals surface area contributed by atoms with Crippen molar-refractivity contribution < 1.29 is 8.42 Å². The van der Waals surface area contributed by atoms with E-state index in [1.807, 2.05) is 18.2 Å². The van der Waals surface area contributed by atoms with Crippen LogP contribution in [0.3, 0.4) is 0 Å². The van der Waals surface area contributed by atoms with E-state index in [0.717, 1.165) is 30.6 Å². The summed E-state index contributed by atoms with van der Waals surface area (Å²) in [6.45, 7) is 1.06. The summed E-state index contributed by atoms with van der Waals surface area (Å²) in [6, 6.07) is 11.8. The van der Waals surface area contributed by atoms with Gasteiger partial charge in [-0.05, 0) is 36.8 Å². The molecule has 0 unspecified atom stereocenters. The van der Waals surface area contributed by atoms with Gasteiger partial charge in [-0.25, -0.2) is 8.42 Å². The van der Waals surface area contributed by atoms with Crippen LogP contribution < -0.4 is 0 Å². The molecule has 0 amide bonds. The largest absolute Gasteiger partial charge is 0.245 e. The van der Waals surface area contributed by atoms with Gasteiger partial charge in [0.25, 0.3) is 0 Å². The molecule has 0 saturated carbocycles. The highest BCUT2D eigenvalue weighted by atomic mass is 35.5. The van der Waals surface area contributed by atoms with Crippen LogP contribution in [0.5, 0.6) is 0 Å². The Balaban J connectivity index is 1.65. The van der Waals surface area contributed by atoms with E-state index in [-0.39, 0.29) is 9.23 Å². The number of nitrogens with zero attached hydrogens (tertiary/aromatic N) is 1. The van der Waals surface area contributed by atoms with Crippen molar-refractivity contribution in [1.29, 1.82) is 0 Å².